The zero-order chi connectivity index (χ0) is 10.7. The molecule has 2 aliphatic heterocycles. The maximum absolute atomic E-state index is 11.4. The Balaban J connectivity index is 1.76. The van der Waals surface area contributed by atoms with Crippen molar-refractivity contribution in [3.63, 3.8) is 0 Å². The average molecular weight is 208 g/mol. The van der Waals surface area contributed by atoms with Crippen LogP contribution in [0.1, 0.15) is 12.8 Å². The van der Waals surface area contributed by atoms with E-state index in [0.717, 1.165) is 25.9 Å². The van der Waals surface area contributed by atoms with Crippen LogP contribution in [0.15, 0.2) is 0 Å². The summed E-state index contributed by atoms with van der Waals surface area (Å²) >= 11 is 0. The van der Waals surface area contributed by atoms with Gasteiger partial charge in [-0.1, -0.05) is 5.92 Å². The van der Waals surface area contributed by atoms with Crippen LogP contribution in [0.4, 0.5) is 0 Å². The molecule has 0 saturated carbocycles. The number of ether oxygens (including phenoxy) is 1. The molecule has 0 aliphatic carbocycles. The molecule has 2 unspecified atom stereocenters. The molecular weight excluding hydrogens is 192 g/mol. The molecule has 2 saturated heterocycles. The number of terminal acetylenes is 1. The van der Waals surface area contributed by atoms with Gasteiger partial charge in [-0.3, -0.25) is 9.69 Å². The van der Waals surface area contributed by atoms with Gasteiger partial charge in [0.15, 0.2) is 0 Å². The topological polar surface area (TPSA) is 41.6 Å². The summed E-state index contributed by atoms with van der Waals surface area (Å²) in [6.45, 7) is 2.51. The number of likely N-dealkylation sites (tertiary alicyclic amines) is 1. The van der Waals surface area contributed by atoms with Crippen molar-refractivity contribution in [3.8, 4) is 12.3 Å². The summed E-state index contributed by atoms with van der Waals surface area (Å²) in [7, 11) is 0. The molecule has 15 heavy (non-hydrogen) atoms. The van der Waals surface area contributed by atoms with E-state index < -0.39 is 0 Å². The molecule has 1 amide bonds. The van der Waals surface area contributed by atoms with Crippen LogP contribution in [0.5, 0.6) is 0 Å². The summed E-state index contributed by atoms with van der Waals surface area (Å²) in [5.41, 5.74) is 0. The second-order valence-electron chi connectivity index (χ2n) is 4.13. The summed E-state index contributed by atoms with van der Waals surface area (Å²) in [5.74, 6) is 2.40. The van der Waals surface area contributed by atoms with Gasteiger partial charge in [-0.2, -0.15) is 0 Å². The Morgan fingerprint density at radius 1 is 1.47 bits per heavy atom. The van der Waals surface area contributed by atoms with E-state index in [2.05, 4.69) is 16.1 Å². The minimum atomic E-state index is 0.00856. The molecule has 0 aromatic carbocycles. The second-order valence-corrected chi connectivity index (χ2v) is 4.13. The van der Waals surface area contributed by atoms with Gasteiger partial charge in [-0.15, -0.1) is 6.42 Å². The summed E-state index contributed by atoms with van der Waals surface area (Å²) in [6, 6.07) is 0. The predicted molar refractivity (Wildman–Crippen MR) is 56.2 cm³/mol. The molecule has 2 heterocycles. The third kappa shape index (κ3) is 2.71. The summed E-state index contributed by atoms with van der Waals surface area (Å²) in [6.07, 6.45) is 8.00. The maximum atomic E-state index is 11.4. The smallest absolute Gasteiger partial charge is 0.234 e. The van der Waals surface area contributed by atoms with Crippen LogP contribution in [-0.4, -0.2) is 49.2 Å². The number of carbonyl (C=O) groups is 1. The van der Waals surface area contributed by atoms with Gasteiger partial charge in [-0.25, -0.2) is 0 Å². The Hall–Kier alpha value is -1.05. The van der Waals surface area contributed by atoms with Gasteiger partial charge < -0.3 is 10.1 Å². The zero-order valence-corrected chi connectivity index (χ0v) is 8.74. The van der Waals surface area contributed by atoms with Crippen molar-refractivity contribution >= 4 is 5.91 Å². The van der Waals surface area contributed by atoms with Crippen LogP contribution in [0.25, 0.3) is 0 Å². The van der Waals surface area contributed by atoms with E-state index in [1.54, 1.807) is 0 Å². The normalized spacial score (nSPS) is 29.8. The Bertz CT molecular complexity index is 273. The number of carbonyl (C=O) groups excluding carboxylic acids is 1. The predicted octanol–water partition coefficient (Wildman–Crippen LogP) is -0.401. The van der Waals surface area contributed by atoms with Gasteiger partial charge in [0.2, 0.25) is 5.91 Å². The quantitative estimate of drug-likeness (QED) is 0.642. The Labute approximate surface area is 90.0 Å². The molecular formula is C11H16N2O2. The van der Waals surface area contributed by atoms with Gasteiger partial charge in [0, 0.05) is 13.1 Å². The van der Waals surface area contributed by atoms with Gasteiger partial charge in [0.1, 0.15) is 0 Å². The van der Waals surface area contributed by atoms with E-state index in [9.17, 15) is 4.79 Å². The van der Waals surface area contributed by atoms with E-state index in [1.165, 1.54) is 0 Å². The average Bonchev–Trinajstić information content (AvgIpc) is 2.55. The summed E-state index contributed by atoms with van der Waals surface area (Å²) < 4.78 is 5.68. The number of nitrogens with zero attached hydrogens (tertiary/aromatic N) is 1. The monoisotopic (exact) mass is 208 g/mol. The number of hydrogen-bond acceptors (Lipinski definition) is 3. The molecule has 0 aromatic rings. The van der Waals surface area contributed by atoms with E-state index in [1.807, 2.05) is 0 Å². The number of nitrogens with one attached hydrogen (secondary N) is 1. The van der Waals surface area contributed by atoms with E-state index in [4.69, 9.17) is 11.2 Å². The number of fused-ring (bicyclic) bond motifs is 2. The number of morpholine rings is 1. The number of rotatable bonds is 3. The summed E-state index contributed by atoms with van der Waals surface area (Å²) in [5, 5.41) is 2.67. The molecule has 2 aliphatic rings. The lowest BCUT2D eigenvalue weighted by molar-refractivity contribution is -0.124. The first kappa shape index (κ1) is 10.5. The standard InChI is InChI=1S/C11H16N2O2/c1-2-5-12-11(14)8-13-6-9-3-4-10(7-13)15-9/h1,9-10H,3-8H2,(H,12,14). The van der Waals surface area contributed by atoms with Crippen molar-refractivity contribution in [1.29, 1.82) is 0 Å². The molecule has 0 aromatic heterocycles. The first-order chi connectivity index (χ1) is 7.28. The van der Waals surface area contributed by atoms with Gasteiger partial charge >= 0.3 is 0 Å². The lowest BCUT2D eigenvalue weighted by Crippen LogP contribution is -2.47. The highest BCUT2D eigenvalue weighted by Crippen LogP contribution is 2.25. The first-order valence-corrected chi connectivity index (χ1v) is 5.36. The SMILES string of the molecule is C#CCNC(=O)CN1CC2CCC(C1)O2. The molecule has 82 valence electrons. The van der Waals surface area contributed by atoms with Gasteiger partial charge in [-0.05, 0) is 12.8 Å². The molecule has 1 N–H and O–H groups in total. The fourth-order valence-electron chi connectivity index (χ4n) is 2.24. The fourth-order valence-corrected chi connectivity index (χ4v) is 2.24. The van der Waals surface area contributed by atoms with Crippen molar-refractivity contribution in [1.82, 2.24) is 10.2 Å². The van der Waals surface area contributed by atoms with Crippen LogP contribution in [-0.2, 0) is 9.53 Å². The van der Waals surface area contributed by atoms with E-state index in [0.29, 0.717) is 25.3 Å². The number of hydrogen-bond donors (Lipinski definition) is 1. The van der Waals surface area contributed by atoms with Gasteiger partial charge in [0.25, 0.3) is 0 Å². The van der Waals surface area contributed by atoms with Crippen LogP contribution in [0.2, 0.25) is 0 Å². The van der Waals surface area contributed by atoms with Crippen molar-refractivity contribution in [2.75, 3.05) is 26.2 Å². The Kier molecular flexibility index (Phi) is 3.24. The van der Waals surface area contributed by atoms with Crippen molar-refractivity contribution in [3.05, 3.63) is 0 Å². The lowest BCUT2D eigenvalue weighted by atomic mass is 10.2. The van der Waals surface area contributed by atoms with Crippen LogP contribution >= 0.6 is 0 Å². The molecule has 2 rings (SSSR count). The maximum Gasteiger partial charge on any atom is 0.234 e. The van der Waals surface area contributed by atoms with Crippen LogP contribution < -0.4 is 5.32 Å². The fraction of sp³-hybridized carbons (Fsp3) is 0.727. The summed E-state index contributed by atoms with van der Waals surface area (Å²) in [4.78, 5) is 13.6. The van der Waals surface area contributed by atoms with Crippen molar-refractivity contribution in [2.45, 2.75) is 25.0 Å². The highest BCUT2D eigenvalue weighted by atomic mass is 16.5. The number of amides is 1. The van der Waals surface area contributed by atoms with Crippen molar-refractivity contribution in [2.24, 2.45) is 0 Å². The molecule has 4 nitrogen and oxygen atoms in total. The highest BCUT2D eigenvalue weighted by molar-refractivity contribution is 5.78. The van der Waals surface area contributed by atoms with Crippen molar-refractivity contribution < 1.29 is 9.53 Å². The Morgan fingerprint density at radius 3 is 2.73 bits per heavy atom. The highest BCUT2D eigenvalue weighted by Gasteiger charge is 2.33. The molecule has 0 radical (unpaired) electrons. The third-order valence-corrected chi connectivity index (χ3v) is 2.87. The van der Waals surface area contributed by atoms with Gasteiger partial charge in [0.05, 0.1) is 25.3 Å². The molecule has 4 heteroatoms. The largest absolute Gasteiger partial charge is 0.372 e. The third-order valence-electron chi connectivity index (χ3n) is 2.87. The molecule has 2 bridgehead atoms. The minimum Gasteiger partial charge on any atom is -0.372 e. The second kappa shape index (κ2) is 4.65. The lowest BCUT2D eigenvalue weighted by Gasteiger charge is -2.31. The molecule has 0 spiro atoms. The first-order valence-electron chi connectivity index (χ1n) is 5.36. The Morgan fingerprint density at radius 2 is 2.13 bits per heavy atom. The molecule has 2 atom stereocenters. The van der Waals surface area contributed by atoms with E-state index >= 15 is 0 Å². The molecule has 2 fully saturated rings. The van der Waals surface area contributed by atoms with Crippen LogP contribution in [0.3, 0.4) is 0 Å². The minimum absolute atomic E-state index is 0.00856. The zero-order valence-electron chi connectivity index (χ0n) is 8.74. The van der Waals surface area contributed by atoms with Crippen LogP contribution in [0, 0.1) is 12.3 Å². The van der Waals surface area contributed by atoms with E-state index in [-0.39, 0.29) is 5.91 Å².